The van der Waals surface area contributed by atoms with Crippen LogP contribution in [0.1, 0.15) is 79.1 Å². The molecule has 0 bridgehead atoms. The summed E-state index contributed by atoms with van der Waals surface area (Å²) in [6, 6.07) is 0. The molecule has 11 unspecified atom stereocenters. The minimum Gasteiger partial charge on any atom is -0.389 e. The number of hydrogen-bond acceptors (Lipinski definition) is 4. The van der Waals surface area contributed by atoms with Crippen molar-refractivity contribution in [3.63, 3.8) is 0 Å². The van der Waals surface area contributed by atoms with Gasteiger partial charge in [-0.3, -0.25) is 4.79 Å². The zero-order valence-corrected chi connectivity index (χ0v) is 19.7. The summed E-state index contributed by atoms with van der Waals surface area (Å²) in [5.74, 6) is 2.63. The largest absolute Gasteiger partial charge is 0.389 e. The molecule has 2 aliphatic heterocycles. The highest BCUT2D eigenvalue weighted by Gasteiger charge is 2.70. The summed E-state index contributed by atoms with van der Waals surface area (Å²) in [5, 5.41) is 10.2. The fourth-order valence-corrected chi connectivity index (χ4v) is 9.55. The average Bonchev–Trinajstić information content (AvgIpc) is 3.15. The minimum atomic E-state index is -0.413. The topological polar surface area (TPSA) is 55.8 Å². The first-order valence-corrected chi connectivity index (χ1v) is 12.9. The van der Waals surface area contributed by atoms with E-state index in [2.05, 4.69) is 33.8 Å². The molecule has 6 aliphatic rings. The van der Waals surface area contributed by atoms with Gasteiger partial charge in [-0.25, -0.2) is 0 Å². The first kappa shape index (κ1) is 20.9. The number of aliphatic hydroxyl groups is 1. The molecular formula is C27H40O4. The quantitative estimate of drug-likeness (QED) is 0.558. The molecule has 3 saturated carbocycles. The van der Waals surface area contributed by atoms with Crippen LogP contribution in [0.25, 0.3) is 0 Å². The van der Waals surface area contributed by atoms with Crippen molar-refractivity contribution >= 4 is 5.78 Å². The summed E-state index contributed by atoms with van der Waals surface area (Å²) in [7, 11) is 0. The highest BCUT2D eigenvalue weighted by molar-refractivity contribution is 5.85. The Morgan fingerprint density at radius 3 is 2.68 bits per heavy atom. The fraction of sp³-hybridized carbons (Fsp3) is 0.889. The van der Waals surface area contributed by atoms with E-state index in [9.17, 15) is 9.90 Å². The first-order valence-electron chi connectivity index (χ1n) is 12.9. The van der Waals surface area contributed by atoms with E-state index >= 15 is 0 Å². The van der Waals surface area contributed by atoms with E-state index in [0.717, 1.165) is 45.1 Å². The summed E-state index contributed by atoms with van der Waals surface area (Å²) < 4.78 is 13.2. The van der Waals surface area contributed by atoms with Gasteiger partial charge in [-0.15, -0.1) is 0 Å². The molecule has 0 aromatic carbocycles. The van der Waals surface area contributed by atoms with Gasteiger partial charge in [0.25, 0.3) is 0 Å². The van der Waals surface area contributed by atoms with Crippen molar-refractivity contribution in [1.82, 2.24) is 0 Å². The van der Waals surface area contributed by atoms with E-state index in [1.165, 1.54) is 12.0 Å². The van der Waals surface area contributed by atoms with Gasteiger partial charge in [0.2, 0.25) is 0 Å². The Morgan fingerprint density at radius 1 is 1.13 bits per heavy atom. The van der Waals surface area contributed by atoms with Crippen LogP contribution in [0, 0.1) is 46.3 Å². The van der Waals surface area contributed by atoms with Crippen molar-refractivity contribution in [1.29, 1.82) is 0 Å². The molecule has 0 aromatic heterocycles. The molecule has 6 rings (SSSR count). The monoisotopic (exact) mass is 428 g/mol. The second-order valence-corrected chi connectivity index (χ2v) is 12.6. The molecule has 2 heterocycles. The van der Waals surface area contributed by atoms with Crippen molar-refractivity contribution in [2.24, 2.45) is 46.3 Å². The normalized spacial score (nSPS) is 58.4. The molecule has 2 saturated heterocycles. The Labute approximate surface area is 187 Å². The Morgan fingerprint density at radius 2 is 1.94 bits per heavy atom. The van der Waals surface area contributed by atoms with E-state index in [4.69, 9.17) is 9.47 Å². The number of hydrogen-bond donors (Lipinski definition) is 1. The SMILES string of the molecule is CC1CCC2(OC1)OC1CC3C4CCC5=CC(O)CCC5(C)C4C(=O)CC3(C)C1C2C. The van der Waals surface area contributed by atoms with Crippen LogP contribution >= 0.6 is 0 Å². The number of ketones is 1. The Hall–Kier alpha value is -0.710. The summed E-state index contributed by atoms with van der Waals surface area (Å²) in [6.07, 6.45) is 9.85. The van der Waals surface area contributed by atoms with E-state index in [-0.39, 0.29) is 29.0 Å². The van der Waals surface area contributed by atoms with Crippen LogP contribution in [0.2, 0.25) is 0 Å². The van der Waals surface area contributed by atoms with E-state index in [1.807, 2.05) is 0 Å². The molecule has 0 aromatic rings. The number of carbonyl (C=O) groups is 1. The van der Waals surface area contributed by atoms with Crippen LogP contribution in [0.4, 0.5) is 0 Å². The number of aliphatic hydroxyl groups excluding tert-OH is 1. The van der Waals surface area contributed by atoms with Gasteiger partial charge in [0, 0.05) is 24.7 Å². The van der Waals surface area contributed by atoms with Gasteiger partial charge in [0.1, 0.15) is 5.78 Å². The molecule has 11 atom stereocenters. The van der Waals surface area contributed by atoms with Crippen LogP contribution in [-0.2, 0) is 14.3 Å². The molecule has 1 N–H and O–H groups in total. The molecule has 0 amide bonds. The van der Waals surface area contributed by atoms with E-state index in [0.29, 0.717) is 41.8 Å². The molecule has 4 heteroatoms. The third-order valence-electron chi connectivity index (χ3n) is 11.0. The molecular weight excluding hydrogens is 388 g/mol. The summed E-state index contributed by atoms with van der Waals surface area (Å²) in [5.41, 5.74) is 1.34. The van der Waals surface area contributed by atoms with Gasteiger partial charge in [0.15, 0.2) is 5.79 Å². The van der Waals surface area contributed by atoms with Crippen molar-refractivity contribution in [3.05, 3.63) is 11.6 Å². The molecule has 172 valence electrons. The Kier molecular flexibility index (Phi) is 4.49. The van der Waals surface area contributed by atoms with Gasteiger partial charge < -0.3 is 14.6 Å². The lowest BCUT2D eigenvalue weighted by molar-refractivity contribution is -0.272. The lowest BCUT2D eigenvalue weighted by Crippen LogP contribution is -2.56. The molecule has 5 fully saturated rings. The number of Topliss-reactive ketones (excluding diaryl/α,β-unsaturated/α-hetero) is 1. The number of rotatable bonds is 0. The third-order valence-corrected chi connectivity index (χ3v) is 11.0. The predicted octanol–water partition coefficient (Wildman–Crippen LogP) is 4.89. The summed E-state index contributed by atoms with van der Waals surface area (Å²) >= 11 is 0. The summed E-state index contributed by atoms with van der Waals surface area (Å²) in [6.45, 7) is 10.1. The first-order chi connectivity index (χ1) is 14.7. The maximum Gasteiger partial charge on any atom is 0.171 e. The number of fused-ring (bicyclic) bond motifs is 7. The fourth-order valence-electron chi connectivity index (χ4n) is 9.55. The summed E-state index contributed by atoms with van der Waals surface area (Å²) in [4.78, 5) is 13.9. The molecule has 4 nitrogen and oxygen atoms in total. The van der Waals surface area contributed by atoms with Crippen LogP contribution in [-0.4, -0.2) is 35.5 Å². The van der Waals surface area contributed by atoms with Crippen LogP contribution < -0.4 is 0 Å². The molecule has 0 radical (unpaired) electrons. The molecule has 31 heavy (non-hydrogen) atoms. The standard InChI is InChI=1S/C27H40O4/c1-15-7-10-27(30-14-15)16(2)23-22(31-27)12-20-19-6-5-17-11-18(28)8-9-25(17,3)24(19)21(29)13-26(20,23)4/h11,15-16,18-20,22-24,28H,5-10,12-14H2,1-4H3. The van der Waals surface area contributed by atoms with Crippen LogP contribution in [0.15, 0.2) is 11.6 Å². The van der Waals surface area contributed by atoms with Crippen molar-refractivity contribution in [2.75, 3.05) is 6.61 Å². The maximum atomic E-state index is 13.9. The second kappa shape index (κ2) is 6.67. The number of ether oxygens (including phenoxy) is 2. The number of carbonyl (C=O) groups excluding carboxylic acids is 1. The second-order valence-electron chi connectivity index (χ2n) is 12.6. The molecule has 1 spiro atoms. The third kappa shape index (κ3) is 2.68. The Bertz CT molecular complexity index is 810. The van der Waals surface area contributed by atoms with Gasteiger partial charge in [0.05, 0.1) is 18.8 Å². The highest BCUT2D eigenvalue weighted by Crippen LogP contribution is 2.70. The predicted molar refractivity (Wildman–Crippen MR) is 118 cm³/mol. The number of allylic oxidation sites excluding steroid dienone is 1. The average molecular weight is 429 g/mol. The van der Waals surface area contributed by atoms with E-state index < -0.39 is 5.79 Å². The zero-order chi connectivity index (χ0) is 21.8. The van der Waals surface area contributed by atoms with Gasteiger partial charge in [-0.1, -0.05) is 39.3 Å². The minimum absolute atomic E-state index is 0.0318. The van der Waals surface area contributed by atoms with Crippen molar-refractivity contribution in [2.45, 2.75) is 97.1 Å². The van der Waals surface area contributed by atoms with Gasteiger partial charge in [-0.2, -0.15) is 0 Å². The maximum absolute atomic E-state index is 13.9. The van der Waals surface area contributed by atoms with E-state index in [1.54, 1.807) is 0 Å². The zero-order valence-electron chi connectivity index (χ0n) is 19.7. The van der Waals surface area contributed by atoms with Gasteiger partial charge >= 0.3 is 0 Å². The lowest BCUT2D eigenvalue weighted by atomic mass is 9.46. The molecule has 4 aliphatic carbocycles. The van der Waals surface area contributed by atoms with Crippen molar-refractivity contribution < 1.29 is 19.4 Å². The van der Waals surface area contributed by atoms with Crippen LogP contribution in [0.5, 0.6) is 0 Å². The smallest absolute Gasteiger partial charge is 0.171 e. The van der Waals surface area contributed by atoms with Gasteiger partial charge in [-0.05, 0) is 73.0 Å². The van der Waals surface area contributed by atoms with Crippen molar-refractivity contribution in [3.8, 4) is 0 Å². The highest BCUT2D eigenvalue weighted by atomic mass is 16.7. The Balaban J connectivity index is 1.32. The van der Waals surface area contributed by atoms with Crippen LogP contribution in [0.3, 0.4) is 0 Å². The lowest BCUT2D eigenvalue weighted by Gasteiger charge is -2.58.